The maximum Gasteiger partial charge on any atom is 0.323 e. The second-order valence-corrected chi connectivity index (χ2v) is 4.13. The fraction of sp³-hybridized carbons (Fsp3) is 0.600. The lowest BCUT2D eigenvalue weighted by Crippen LogP contribution is -2.50. The highest BCUT2D eigenvalue weighted by atomic mass is 16.4. The third-order valence-electron chi connectivity index (χ3n) is 1.38. The number of hydrogen-bond donors (Lipinski definition) is 2. The normalized spacial score (nSPS) is 10.3. The molecule has 15 heavy (non-hydrogen) atoms. The smallest absolute Gasteiger partial charge is 0.323 e. The first-order valence-electron chi connectivity index (χ1n) is 4.48. The molecule has 0 fully saturated rings. The molecule has 0 saturated heterocycles. The molecule has 5 heteroatoms. The average Bonchev–Trinajstić information content (AvgIpc) is 1.99. The zero-order valence-corrected chi connectivity index (χ0v) is 9.20. The molecule has 5 nitrogen and oxygen atoms in total. The van der Waals surface area contributed by atoms with Crippen LogP contribution in [0.25, 0.3) is 0 Å². The third kappa shape index (κ3) is 6.38. The number of hydrogen-bond acceptors (Lipinski definition) is 2. The summed E-state index contributed by atoms with van der Waals surface area (Å²) >= 11 is 0. The number of terminal acetylenes is 1. The standard InChI is InChI=1S/C10H16N2O3/c1-5-6-12(7-8(13)14)9(15)11-10(2,3)4/h1H,6-7H2,2-4H3,(H,11,15)(H,13,14). The van der Waals surface area contributed by atoms with Gasteiger partial charge in [0.2, 0.25) is 0 Å². The molecule has 84 valence electrons. The Hall–Kier alpha value is -1.70. The molecular weight excluding hydrogens is 196 g/mol. The van der Waals surface area contributed by atoms with E-state index in [-0.39, 0.29) is 6.54 Å². The van der Waals surface area contributed by atoms with Crippen LogP contribution in [0.2, 0.25) is 0 Å². The van der Waals surface area contributed by atoms with Gasteiger partial charge in [0.25, 0.3) is 0 Å². The molecule has 0 aromatic rings. The van der Waals surface area contributed by atoms with Gasteiger partial charge in [-0.05, 0) is 20.8 Å². The summed E-state index contributed by atoms with van der Waals surface area (Å²) in [7, 11) is 0. The van der Waals surface area contributed by atoms with Gasteiger partial charge >= 0.3 is 12.0 Å². The van der Waals surface area contributed by atoms with E-state index in [0.717, 1.165) is 4.90 Å². The Bertz CT molecular complexity index is 286. The zero-order valence-electron chi connectivity index (χ0n) is 9.20. The van der Waals surface area contributed by atoms with Gasteiger partial charge in [-0.2, -0.15) is 0 Å². The molecular formula is C10H16N2O3. The van der Waals surface area contributed by atoms with Crippen molar-refractivity contribution in [3.8, 4) is 12.3 Å². The van der Waals surface area contributed by atoms with Crippen LogP contribution in [-0.2, 0) is 4.79 Å². The number of amides is 2. The molecule has 0 rings (SSSR count). The van der Waals surface area contributed by atoms with Gasteiger partial charge in [-0.15, -0.1) is 6.42 Å². The summed E-state index contributed by atoms with van der Waals surface area (Å²) in [6.45, 7) is 5.00. The van der Waals surface area contributed by atoms with Gasteiger partial charge in [0.15, 0.2) is 0 Å². The Morgan fingerprint density at radius 2 is 2.00 bits per heavy atom. The number of carbonyl (C=O) groups excluding carboxylic acids is 1. The summed E-state index contributed by atoms with van der Waals surface area (Å²) in [4.78, 5) is 23.1. The van der Waals surface area contributed by atoms with Gasteiger partial charge in [-0.1, -0.05) is 5.92 Å². The zero-order chi connectivity index (χ0) is 12.1. The van der Waals surface area contributed by atoms with Crippen LogP contribution in [0.4, 0.5) is 4.79 Å². The number of nitrogens with one attached hydrogen (secondary N) is 1. The lowest BCUT2D eigenvalue weighted by Gasteiger charge is -2.26. The van der Waals surface area contributed by atoms with Crippen molar-refractivity contribution in [1.29, 1.82) is 0 Å². The number of urea groups is 1. The van der Waals surface area contributed by atoms with E-state index in [2.05, 4.69) is 11.2 Å². The fourth-order valence-electron chi connectivity index (χ4n) is 0.873. The summed E-state index contributed by atoms with van der Waals surface area (Å²) in [6.07, 6.45) is 5.04. The average molecular weight is 212 g/mol. The van der Waals surface area contributed by atoms with Gasteiger partial charge in [-0.25, -0.2) is 4.79 Å². The monoisotopic (exact) mass is 212 g/mol. The van der Waals surface area contributed by atoms with Crippen LogP contribution in [0, 0.1) is 12.3 Å². The maximum atomic E-state index is 11.5. The molecule has 0 aliphatic carbocycles. The number of aliphatic carboxylic acids is 1. The highest BCUT2D eigenvalue weighted by molar-refractivity contribution is 5.80. The maximum absolute atomic E-state index is 11.5. The van der Waals surface area contributed by atoms with E-state index in [0.29, 0.717) is 0 Å². The predicted octanol–water partition coefficient (Wildman–Crippen LogP) is 0.514. The quantitative estimate of drug-likeness (QED) is 0.670. The van der Waals surface area contributed by atoms with Crippen LogP contribution in [0.5, 0.6) is 0 Å². The Kier molecular flexibility index (Phi) is 4.65. The minimum Gasteiger partial charge on any atom is -0.480 e. The molecule has 2 amide bonds. The molecule has 0 saturated carbocycles. The molecule has 0 spiro atoms. The van der Waals surface area contributed by atoms with Crippen molar-refractivity contribution < 1.29 is 14.7 Å². The number of carbonyl (C=O) groups is 2. The van der Waals surface area contributed by atoms with Crippen molar-refractivity contribution in [3.05, 3.63) is 0 Å². The van der Waals surface area contributed by atoms with Crippen molar-refractivity contribution in [3.63, 3.8) is 0 Å². The first kappa shape index (κ1) is 13.3. The van der Waals surface area contributed by atoms with Gasteiger partial charge < -0.3 is 15.3 Å². The van der Waals surface area contributed by atoms with E-state index in [1.165, 1.54) is 0 Å². The molecule has 0 aromatic heterocycles. The Morgan fingerprint density at radius 1 is 1.47 bits per heavy atom. The number of nitrogens with zero attached hydrogens (tertiary/aromatic N) is 1. The summed E-state index contributed by atoms with van der Waals surface area (Å²) in [5, 5.41) is 11.2. The Morgan fingerprint density at radius 3 is 2.33 bits per heavy atom. The second kappa shape index (κ2) is 5.25. The molecule has 0 aliphatic heterocycles. The predicted molar refractivity (Wildman–Crippen MR) is 56.3 cm³/mol. The molecule has 0 unspecified atom stereocenters. The van der Waals surface area contributed by atoms with Crippen LogP contribution in [-0.4, -0.2) is 40.6 Å². The van der Waals surface area contributed by atoms with Crippen LogP contribution in [0.15, 0.2) is 0 Å². The van der Waals surface area contributed by atoms with E-state index < -0.39 is 24.1 Å². The molecule has 0 aromatic carbocycles. The molecule has 0 radical (unpaired) electrons. The lowest BCUT2D eigenvalue weighted by molar-refractivity contribution is -0.137. The Labute approximate surface area is 89.4 Å². The highest BCUT2D eigenvalue weighted by Gasteiger charge is 2.20. The van der Waals surface area contributed by atoms with Crippen LogP contribution in [0.1, 0.15) is 20.8 Å². The lowest BCUT2D eigenvalue weighted by atomic mass is 10.1. The van der Waals surface area contributed by atoms with Crippen molar-refractivity contribution >= 4 is 12.0 Å². The van der Waals surface area contributed by atoms with E-state index in [9.17, 15) is 9.59 Å². The van der Waals surface area contributed by atoms with Crippen LogP contribution >= 0.6 is 0 Å². The highest BCUT2D eigenvalue weighted by Crippen LogP contribution is 2.00. The first-order valence-corrected chi connectivity index (χ1v) is 4.48. The fourth-order valence-corrected chi connectivity index (χ4v) is 0.873. The second-order valence-electron chi connectivity index (χ2n) is 4.13. The first-order chi connectivity index (χ1) is 6.76. The van der Waals surface area contributed by atoms with Crippen molar-refractivity contribution in [2.45, 2.75) is 26.3 Å². The van der Waals surface area contributed by atoms with Crippen LogP contribution in [0.3, 0.4) is 0 Å². The van der Waals surface area contributed by atoms with Gasteiger partial charge in [0, 0.05) is 5.54 Å². The topological polar surface area (TPSA) is 69.6 Å². The molecule has 0 aliphatic rings. The van der Waals surface area contributed by atoms with Gasteiger partial charge in [-0.3, -0.25) is 4.79 Å². The van der Waals surface area contributed by atoms with E-state index in [4.69, 9.17) is 11.5 Å². The third-order valence-corrected chi connectivity index (χ3v) is 1.38. The minimum absolute atomic E-state index is 0.0196. The number of rotatable bonds is 3. The van der Waals surface area contributed by atoms with Crippen LogP contribution < -0.4 is 5.32 Å². The molecule has 2 N–H and O–H groups in total. The van der Waals surface area contributed by atoms with E-state index in [1.807, 2.05) is 0 Å². The van der Waals surface area contributed by atoms with Crippen molar-refractivity contribution in [1.82, 2.24) is 10.2 Å². The SMILES string of the molecule is C#CCN(CC(=O)O)C(=O)NC(C)(C)C. The summed E-state index contributed by atoms with van der Waals surface area (Å²) < 4.78 is 0. The molecule has 0 atom stereocenters. The summed E-state index contributed by atoms with van der Waals surface area (Å²) in [6, 6.07) is -0.470. The van der Waals surface area contributed by atoms with Crippen molar-refractivity contribution in [2.75, 3.05) is 13.1 Å². The van der Waals surface area contributed by atoms with Gasteiger partial charge in [0.05, 0.1) is 6.54 Å². The summed E-state index contributed by atoms with van der Waals surface area (Å²) in [5.74, 6) is 1.15. The van der Waals surface area contributed by atoms with Gasteiger partial charge in [0.1, 0.15) is 6.54 Å². The molecule has 0 heterocycles. The summed E-state index contributed by atoms with van der Waals surface area (Å²) in [5.41, 5.74) is -0.414. The molecule has 0 bridgehead atoms. The number of carboxylic acids is 1. The van der Waals surface area contributed by atoms with E-state index in [1.54, 1.807) is 20.8 Å². The van der Waals surface area contributed by atoms with Crippen molar-refractivity contribution in [2.24, 2.45) is 0 Å². The Balaban J connectivity index is 4.43. The number of carboxylic acid groups (broad SMARTS) is 1. The largest absolute Gasteiger partial charge is 0.480 e. The minimum atomic E-state index is -1.09. The van der Waals surface area contributed by atoms with E-state index >= 15 is 0 Å².